The summed E-state index contributed by atoms with van der Waals surface area (Å²) in [4.78, 5) is 5.15. The fourth-order valence-electron chi connectivity index (χ4n) is 11.9. The van der Waals surface area contributed by atoms with Gasteiger partial charge in [-0.15, -0.1) is 11.3 Å². The molecule has 2 heterocycles. The van der Waals surface area contributed by atoms with E-state index in [9.17, 15) is 0 Å². The Labute approximate surface area is 386 Å². The SMILES string of the molecule is c1ccc(C2(c3cccc(N(c4ccc5c(c4)C4(c6ccccc6S5)c5ccccc5-c5ccccc54)c4cccc5sc6ccccc6c45)c3)c3ccccc3-c3ccccc32)cc1. The van der Waals surface area contributed by atoms with Gasteiger partial charge in [-0.25, -0.2) is 0 Å². The van der Waals surface area contributed by atoms with Crippen LogP contribution >= 0.6 is 23.1 Å². The highest BCUT2D eigenvalue weighted by Gasteiger charge is 2.51. The quantitative estimate of drug-likeness (QED) is 0.170. The van der Waals surface area contributed by atoms with E-state index in [0.29, 0.717) is 0 Å². The van der Waals surface area contributed by atoms with E-state index in [1.165, 1.54) is 102 Å². The molecule has 0 bridgehead atoms. The summed E-state index contributed by atoms with van der Waals surface area (Å²) < 4.78 is 2.57. The minimum Gasteiger partial charge on any atom is -0.310 e. The lowest BCUT2D eigenvalue weighted by molar-refractivity contribution is 0.722. The van der Waals surface area contributed by atoms with Crippen LogP contribution in [-0.2, 0) is 10.8 Å². The van der Waals surface area contributed by atoms with Crippen LogP contribution in [-0.4, -0.2) is 0 Å². The largest absolute Gasteiger partial charge is 0.310 e. The normalized spacial score (nSPS) is 14.3. The lowest BCUT2D eigenvalue weighted by atomic mass is 9.67. The molecule has 0 saturated heterocycles. The first-order valence-electron chi connectivity index (χ1n) is 22.4. The third kappa shape index (κ3) is 5.00. The molecule has 1 nitrogen and oxygen atoms in total. The van der Waals surface area contributed by atoms with Gasteiger partial charge in [-0.1, -0.05) is 194 Å². The summed E-state index contributed by atoms with van der Waals surface area (Å²) in [6, 6.07) is 89.1. The van der Waals surface area contributed by atoms with Crippen molar-refractivity contribution in [2.45, 2.75) is 20.6 Å². The predicted octanol–water partition coefficient (Wildman–Crippen LogP) is 16.7. The standard InChI is InChI=1S/C62H39NS2/c1-2-18-40(19-3-1)61(49-27-9-4-22-44(49)45-23-5-10-28-50(45)61)41-20-16-21-42(38-41)63(55-32-17-35-59-60(55)48-26-8-14-33-56(48)64-59)43-36-37-58-54(39-43)62(53-31-13-15-34-57(53)65-58)51-29-11-6-24-46(51)47-25-7-12-30-52(47)62/h1-39H. The molecule has 3 aliphatic rings. The van der Waals surface area contributed by atoms with Crippen LogP contribution in [0.3, 0.4) is 0 Å². The van der Waals surface area contributed by atoms with Gasteiger partial charge in [0.15, 0.2) is 0 Å². The third-order valence-corrected chi connectivity index (χ3v) is 16.7. The van der Waals surface area contributed by atoms with E-state index in [2.05, 4.69) is 241 Å². The molecule has 11 aromatic rings. The van der Waals surface area contributed by atoms with E-state index in [0.717, 1.165) is 11.4 Å². The van der Waals surface area contributed by atoms with Gasteiger partial charge in [-0.3, -0.25) is 0 Å². The number of nitrogens with zero attached hydrogens (tertiary/aromatic N) is 1. The van der Waals surface area contributed by atoms with Crippen molar-refractivity contribution in [3.63, 3.8) is 0 Å². The second-order valence-corrected chi connectivity index (χ2v) is 19.6. The zero-order valence-electron chi connectivity index (χ0n) is 35.3. The summed E-state index contributed by atoms with van der Waals surface area (Å²) >= 11 is 3.77. The minimum atomic E-state index is -0.533. The first-order chi connectivity index (χ1) is 32.2. The van der Waals surface area contributed by atoms with E-state index in [1.54, 1.807) is 0 Å². The zero-order chi connectivity index (χ0) is 42.7. The number of hydrogen-bond acceptors (Lipinski definition) is 3. The predicted molar refractivity (Wildman–Crippen MR) is 273 cm³/mol. The van der Waals surface area contributed by atoms with Crippen LogP contribution < -0.4 is 4.90 Å². The first-order valence-corrected chi connectivity index (χ1v) is 24.0. The van der Waals surface area contributed by atoms with E-state index in [4.69, 9.17) is 0 Å². The second kappa shape index (κ2) is 14.0. The Bertz CT molecular complexity index is 3640. The summed E-state index contributed by atoms with van der Waals surface area (Å²) in [5, 5.41) is 2.55. The Morgan fingerprint density at radius 3 is 1.52 bits per heavy atom. The van der Waals surface area contributed by atoms with Crippen molar-refractivity contribution in [1.82, 2.24) is 0 Å². The highest BCUT2D eigenvalue weighted by Crippen LogP contribution is 2.63. The van der Waals surface area contributed by atoms with Crippen molar-refractivity contribution in [3.05, 3.63) is 281 Å². The molecule has 1 spiro atoms. The van der Waals surface area contributed by atoms with Crippen molar-refractivity contribution < 1.29 is 0 Å². The van der Waals surface area contributed by atoms with Gasteiger partial charge >= 0.3 is 0 Å². The van der Waals surface area contributed by atoms with Crippen LogP contribution in [0.2, 0.25) is 0 Å². The summed E-state index contributed by atoms with van der Waals surface area (Å²) in [6.07, 6.45) is 0. The average Bonchev–Trinajstić information content (AvgIpc) is 4.01. The Hall–Kier alpha value is -7.43. The molecular weight excluding hydrogens is 823 g/mol. The highest BCUT2D eigenvalue weighted by molar-refractivity contribution is 7.99. The number of hydrogen-bond donors (Lipinski definition) is 0. The lowest BCUT2D eigenvalue weighted by Gasteiger charge is -2.40. The Morgan fingerprint density at radius 2 is 0.831 bits per heavy atom. The van der Waals surface area contributed by atoms with Crippen molar-refractivity contribution in [1.29, 1.82) is 0 Å². The van der Waals surface area contributed by atoms with Crippen molar-refractivity contribution in [2.24, 2.45) is 0 Å². The van der Waals surface area contributed by atoms with Gasteiger partial charge in [0.05, 0.1) is 16.5 Å². The summed E-state index contributed by atoms with van der Waals surface area (Å²) in [5.74, 6) is 0. The van der Waals surface area contributed by atoms with Gasteiger partial charge in [0.25, 0.3) is 0 Å². The number of benzene rings is 10. The molecule has 0 radical (unpaired) electrons. The van der Waals surface area contributed by atoms with Crippen LogP contribution in [0.15, 0.2) is 246 Å². The Balaban J connectivity index is 1.07. The number of fused-ring (bicyclic) bond motifs is 15. The first kappa shape index (κ1) is 37.0. The van der Waals surface area contributed by atoms with Crippen LogP contribution in [0.5, 0.6) is 0 Å². The molecule has 2 aliphatic carbocycles. The third-order valence-electron chi connectivity index (χ3n) is 14.4. The summed E-state index contributed by atoms with van der Waals surface area (Å²) in [5.41, 5.74) is 18.1. The molecule has 3 heteroatoms. The highest BCUT2D eigenvalue weighted by atomic mass is 32.2. The van der Waals surface area contributed by atoms with Crippen LogP contribution in [0, 0.1) is 0 Å². The molecule has 0 N–H and O–H groups in total. The van der Waals surface area contributed by atoms with E-state index in [1.807, 2.05) is 23.1 Å². The topological polar surface area (TPSA) is 3.24 Å². The van der Waals surface area contributed by atoms with Crippen LogP contribution in [0.25, 0.3) is 42.4 Å². The van der Waals surface area contributed by atoms with Crippen molar-refractivity contribution in [2.75, 3.05) is 4.90 Å². The molecule has 65 heavy (non-hydrogen) atoms. The fraction of sp³-hybridized carbons (Fsp3) is 0.0323. The summed E-state index contributed by atoms with van der Waals surface area (Å²) in [7, 11) is 0. The molecule has 0 atom stereocenters. The maximum absolute atomic E-state index is 2.56. The average molecular weight is 862 g/mol. The molecule has 0 saturated carbocycles. The molecule has 14 rings (SSSR count). The van der Waals surface area contributed by atoms with Crippen LogP contribution in [0.4, 0.5) is 17.1 Å². The van der Waals surface area contributed by atoms with Gasteiger partial charge < -0.3 is 4.90 Å². The Morgan fingerprint density at radius 1 is 0.323 bits per heavy atom. The Kier molecular flexibility index (Phi) is 7.99. The van der Waals surface area contributed by atoms with Crippen LogP contribution in [0.1, 0.15) is 44.5 Å². The van der Waals surface area contributed by atoms with Gasteiger partial charge in [0, 0.05) is 41.3 Å². The van der Waals surface area contributed by atoms with E-state index >= 15 is 0 Å². The molecule has 1 aliphatic heterocycles. The van der Waals surface area contributed by atoms with Gasteiger partial charge in [-0.2, -0.15) is 0 Å². The zero-order valence-corrected chi connectivity index (χ0v) is 36.9. The molecule has 304 valence electrons. The summed E-state index contributed by atoms with van der Waals surface area (Å²) in [6.45, 7) is 0. The lowest BCUT2D eigenvalue weighted by Crippen LogP contribution is -2.32. The van der Waals surface area contributed by atoms with E-state index < -0.39 is 10.8 Å². The van der Waals surface area contributed by atoms with Gasteiger partial charge in [0.2, 0.25) is 0 Å². The van der Waals surface area contributed by atoms with Gasteiger partial charge in [0.1, 0.15) is 0 Å². The number of thiophene rings is 1. The molecular formula is C62H39NS2. The molecule has 1 aromatic heterocycles. The van der Waals surface area contributed by atoms with Crippen molar-refractivity contribution >= 4 is 60.3 Å². The smallest absolute Gasteiger partial charge is 0.0736 e. The maximum atomic E-state index is 2.56. The monoisotopic (exact) mass is 861 g/mol. The fourth-order valence-corrected chi connectivity index (χ4v) is 14.2. The maximum Gasteiger partial charge on any atom is 0.0736 e. The molecule has 0 amide bonds. The molecule has 0 unspecified atom stereocenters. The van der Waals surface area contributed by atoms with E-state index in [-0.39, 0.29) is 0 Å². The minimum absolute atomic E-state index is 0.496. The van der Waals surface area contributed by atoms with Crippen molar-refractivity contribution in [3.8, 4) is 22.3 Å². The second-order valence-electron chi connectivity index (χ2n) is 17.5. The number of anilines is 3. The number of rotatable bonds is 5. The molecule has 10 aromatic carbocycles. The van der Waals surface area contributed by atoms with Gasteiger partial charge in [-0.05, 0) is 121 Å². The molecule has 0 fully saturated rings.